The molecular weight excluding hydrogens is 238 g/mol. The first-order valence-corrected chi connectivity index (χ1v) is 5.57. The van der Waals surface area contributed by atoms with Crippen molar-refractivity contribution in [2.24, 2.45) is 0 Å². The van der Waals surface area contributed by atoms with Crippen LogP contribution in [-0.2, 0) is 6.54 Å². The molecule has 0 aliphatic carbocycles. The van der Waals surface area contributed by atoms with Crippen molar-refractivity contribution in [1.82, 2.24) is 15.5 Å². The minimum atomic E-state index is -0.190. The predicted octanol–water partition coefficient (Wildman–Crippen LogP) is 2.30. The molecule has 0 aliphatic rings. The van der Waals surface area contributed by atoms with Crippen molar-refractivity contribution in [1.29, 1.82) is 0 Å². The second-order valence-corrected chi connectivity index (χ2v) is 4.16. The van der Waals surface area contributed by atoms with Crippen LogP contribution in [-0.4, -0.2) is 16.1 Å². The molecule has 1 aromatic heterocycles. The van der Waals surface area contributed by atoms with Gasteiger partial charge in [0.25, 0.3) is 5.91 Å². The van der Waals surface area contributed by atoms with Gasteiger partial charge in [0, 0.05) is 6.20 Å². The van der Waals surface area contributed by atoms with E-state index in [-0.39, 0.29) is 5.91 Å². The summed E-state index contributed by atoms with van der Waals surface area (Å²) in [5, 5.41) is 9.80. The van der Waals surface area contributed by atoms with Crippen LogP contribution in [0.25, 0.3) is 0 Å². The summed E-state index contributed by atoms with van der Waals surface area (Å²) in [4.78, 5) is 11.8. The van der Waals surface area contributed by atoms with Gasteiger partial charge in [0.1, 0.15) is 0 Å². The van der Waals surface area contributed by atoms with E-state index in [9.17, 15) is 4.79 Å². The molecule has 0 bridgehead atoms. The van der Waals surface area contributed by atoms with E-state index in [1.54, 1.807) is 24.4 Å². The first-order valence-electron chi connectivity index (χ1n) is 5.19. The lowest BCUT2D eigenvalue weighted by Gasteiger charge is -2.06. The first kappa shape index (κ1) is 11.7. The van der Waals surface area contributed by atoms with E-state index in [1.165, 1.54) is 0 Å². The van der Waals surface area contributed by atoms with Crippen molar-refractivity contribution in [2.45, 2.75) is 13.5 Å². The van der Waals surface area contributed by atoms with Crippen LogP contribution >= 0.6 is 11.6 Å². The van der Waals surface area contributed by atoms with Crippen LogP contribution in [0.4, 0.5) is 0 Å². The van der Waals surface area contributed by atoms with Gasteiger partial charge in [-0.2, -0.15) is 5.10 Å². The molecule has 2 rings (SSSR count). The second kappa shape index (κ2) is 5.01. The Kier molecular flexibility index (Phi) is 3.44. The maximum Gasteiger partial charge on any atom is 0.253 e. The predicted molar refractivity (Wildman–Crippen MR) is 65.9 cm³/mol. The number of rotatable bonds is 3. The summed E-state index contributed by atoms with van der Waals surface area (Å²) in [5.41, 5.74) is 2.36. The van der Waals surface area contributed by atoms with Crippen LogP contribution in [0.3, 0.4) is 0 Å². The van der Waals surface area contributed by atoms with Gasteiger partial charge in [-0.05, 0) is 30.7 Å². The van der Waals surface area contributed by atoms with E-state index in [1.807, 2.05) is 13.0 Å². The highest BCUT2D eigenvalue weighted by Crippen LogP contribution is 2.17. The molecule has 17 heavy (non-hydrogen) atoms. The average molecular weight is 250 g/mol. The third-order valence-corrected chi connectivity index (χ3v) is 2.68. The molecule has 0 fully saturated rings. The molecule has 0 atom stereocenters. The monoisotopic (exact) mass is 249 g/mol. The summed E-state index contributed by atoms with van der Waals surface area (Å²) in [5.74, 6) is -0.190. The summed E-state index contributed by atoms with van der Waals surface area (Å²) in [6.45, 7) is 2.33. The maximum absolute atomic E-state index is 11.8. The summed E-state index contributed by atoms with van der Waals surface area (Å²) in [6, 6.07) is 7.15. The number of nitrogens with one attached hydrogen (secondary N) is 2. The molecule has 1 amide bonds. The zero-order valence-corrected chi connectivity index (χ0v) is 10.1. The highest BCUT2D eigenvalue weighted by Gasteiger charge is 2.09. The van der Waals surface area contributed by atoms with Crippen molar-refractivity contribution in [3.63, 3.8) is 0 Å². The molecule has 0 spiro atoms. The Balaban J connectivity index is 2.04. The van der Waals surface area contributed by atoms with Crippen LogP contribution in [0.2, 0.25) is 5.02 Å². The quantitative estimate of drug-likeness (QED) is 0.877. The fourth-order valence-electron chi connectivity index (χ4n) is 1.46. The zero-order valence-electron chi connectivity index (χ0n) is 9.33. The number of aromatic amines is 1. The van der Waals surface area contributed by atoms with Crippen molar-refractivity contribution in [2.75, 3.05) is 0 Å². The molecule has 5 heteroatoms. The molecule has 0 saturated heterocycles. The Bertz CT molecular complexity index is 523. The second-order valence-electron chi connectivity index (χ2n) is 3.75. The SMILES string of the molecule is Cc1ccc(C(=O)NCc2ccn[nH]2)c(Cl)c1. The van der Waals surface area contributed by atoms with Crippen LogP contribution < -0.4 is 5.32 Å². The summed E-state index contributed by atoms with van der Waals surface area (Å²) in [6.07, 6.45) is 1.64. The Labute approximate surface area is 104 Å². The Morgan fingerprint density at radius 1 is 1.47 bits per heavy atom. The molecule has 1 aromatic carbocycles. The third kappa shape index (κ3) is 2.85. The largest absolute Gasteiger partial charge is 0.346 e. The number of carbonyl (C=O) groups excluding carboxylic acids is 1. The lowest BCUT2D eigenvalue weighted by molar-refractivity contribution is 0.0950. The van der Waals surface area contributed by atoms with E-state index in [0.29, 0.717) is 17.1 Å². The van der Waals surface area contributed by atoms with Gasteiger partial charge in [-0.1, -0.05) is 17.7 Å². The molecule has 0 saturated carbocycles. The summed E-state index contributed by atoms with van der Waals surface area (Å²) < 4.78 is 0. The van der Waals surface area contributed by atoms with Gasteiger partial charge < -0.3 is 5.32 Å². The van der Waals surface area contributed by atoms with Crippen LogP contribution in [0.15, 0.2) is 30.5 Å². The van der Waals surface area contributed by atoms with E-state index in [0.717, 1.165) is 11.3 Å². The van der Waals surface area contributed by atoms with E-state index < -0.39 is 0 Å². The molecule has 0 aliphatic heterocycles. The number of carbonyl (C=O) groups is 1. The molecular formula is C12H12ClN3O. The standard InChI is InChI=1S/C12H12ClN3O/c1-8-2-3-10(11(13)6-8)12(17)14-7-9-4-5-15-16-9/h2-6H,7H2,1H3,(H,14,17)(H,15,16). The number of hydrogen-bond acceptors (Lipinski definition) is 2. The van der Waals surface area contributed by atoms with Gasteiger partial charge in [-0.25, -0.2) is 0 Å². The van der Waals surface area contributed by atoms with Crippen molar-refractivity contribution < 1.29 is 4.79 Å². The first-order chi connectivity index (χ1) is 8.16. The van der Waals surface area contributed by atoms with Gasteiger partial charge in [-0.15, -0.1) is 0 Å². The Hall–Kier alpha value is -1.81. The lowest BCUT2D eigenvalue weighted by Crippen LogP contribution is -2.23. The maximum atomic E-state index is 11.8. The minimum absolute atomic E-state index is 0.190. The van der Waals surface area contributed by atoms with Gasteiger partial charge >= 0.3 is 0 Å². The number of nitrogens with zero attached hydrogens (tertiary/aromatic N) is 1. The number of benzene rings is 1. The van der Waals surface area contributed by atoms with Crippen LogP contribution in [0.5, 0.6) is 0 Å². The number of aryl methyl sites for hydroxylation is 1. The smallest absolute Gasteiger partial charge is 0.253 e. The molecule has 2 aromatic rings. The van der Waals surface area contributed by atoms with E-state index in [4.69, 9.17) is 11.6 Å². The Morgan fingerprint density at radius 2 is 2.29 bits per heavy atom. The number of H-pyrrole nitrogens is 1. The fraction of sp³-hybridized carbons (Fsp3) is 0.167. The normalized spacial score (nSPS) is 10.2. The summed E-state index contributed by atoms with van der Waals surface area (Å²) >= 11 is 6.00. The molecule has 1 heterocycles. The zero-order chi connectivity index (χ0) is 12.3. The fourth-order valence-corrected chi connectivity index (χ4v) is 1.78. The van der Waals surface area contributed by atoms with E-state index >= 15 is 0 Å². The molecule has 88 valence electrons. The van der Waals surface area contributed by atoms with Crippen LogP contribution in [0.1, 0.15) is 21.6 Å². The molecule has 0 unspecified atom stereocenters. The minimum Gasteiger partial charge on any atom is -0.346 e. The molecule has 4 nitrogen and oxygen atoms in total. The number of halogens is 1. The van der Waals surface area contributed by atoms with Gasteiger partial charge in [0.05, 0.1) is 22.8 Å². The number of aromatic nitrogens is 2. The van der Waals surface area contributed by atoms with Gasteiger partial charge in [0.15, 0.2) is 0 Å². The Morgan fingerprint density at radius 3 is 2.94 bits per heavy atom. The third-order valence-electron chi connectivity index (χ3n) is 2.37. The topological polar surface area (TPSA) is 57.8 Å². The highest BCUT2D eigenvalue weighted by atomic mass is 35.5. The van der Waals surface area contributed by atoms with Gasteiger partial charge in [0.2, 0.25) is 0 Å². The molecule has 0 radical (unpaired) electrons. The van der Waals surface area contributed by atoms with Crippen molar-refractivity contribution in [3.05, 3.63) is 52.3 Å². The highest BCUT2D eigenvalue weighted by molar-refractivity contribution is 6.33. The van der Waals surface area contributed by atoms with Crippen LogP contribution in [0, 0.1) is 6.92 Å². The number of hydrogen-bond donors (Lipinski definition) is 2. The summed E-state index contributed by atoms with van der Waals surface area (Å²) in [7, 11) is 0. The molecule has 2 N–H and O–H groups in total. The number of amides is 1. The van der Waals surface area contributed by atoms with Crippen molar-refractivity contribution in [3.8, 4) is 0 Å². The lowest BCUT2D eigenvalue weighted by atomic mass is 10.1. The van der Waals surface area contributed by atoms with E-state index in [2.05, 4.69) is 15.5 Å². The van der Waals surface area contributed by atoms with Crippen molar-refractivity contribution >= 4 is 17.5 Å². The average Bonchev–Trinajstić information content (AvgIpc) is 2.78. The van der Waals surface area contributed by atoms with Gasteiger partial charge in [-0.3, -0.25) is 9.89 Å².